The Morgan fingerprint density at radius 2 is 1.48 bits per heavy atom. The zero-order valence-corrected chi connectivity index (χ0v) is 13.5. The van der Waals surface area contributed by atoms with Crippen LogP contribution in [0.1, 0.15) is 17.5 Å². The van der Waals surface area contributed by atoms with Crippen LogP contribution in [0.15, 0.2) is 60.7 Å². The summed E-state index contributed by atoms with van der Waals surface area (Å²) in [4.78, 5) is 11.5. The van der Waals surface area contributed by atoms with E-state index in [0.29, 0.717) is 18.4 Å². The summed E-state index contributed by atoms with van der Waals surface area (Å²) in [6, 6.07) is 17.4. The SMILES string of the molecule is NC(=O)C(CCc1ccccc1)NS(=O)(=O)Cc1ccccc1. The average Bonchev–Trinajstić information content (AvgIpc) is 2.52. The number of nitrogens with one attached hydrogen (secondary N) is 1. The van der Waals surface area contributed by atoms with Crippen LogP contribution in [0, 0.1) is 0 Å². The molecule has 1 unspecified atom stereocenters. The van der Waals surface area contributed by atoms with E-state index in [4.69, 9.17) is 5.73 Å². The first-order chi connectivity index (χ1) is 11.0. The Bertz CT molecular complexity index is 731. The van der Waals surface area contributed by atoms with E-state index >= 15 is 0 Å². The molecule has 1 atom stereocenters. The lowest BCUT2D eigenvalue weighted by Gasteiger charge is -2.15. The van der Waals surface area contributed by atoms with Crippen LogP contribution >= 0.6 is 0 Å². The second kappa shape index (κ2) is 7.89. The molecular formula is C17H20N2O3S. The van der Waals surface area contributed by atoms with Crippen LogP contribution in [-0.4, -0.2) is 20.4 Å². The van der Waals surface area contributed by atoms with Crippen LogP contribution in [0.3, 0.4) is 0 Å². The van der Waals surface area contributed by atoms with Gasteiger partial charge in [-0.05, 0) is 24.0 Å². The van der Waals surface area contributed by atoms with Crippen LogP contribution in [0.2, 0.25) is 0 Å². The highest BCUT2D eigenvalue weighted by molar-refractivity contribution is 7.88. The van der Waals surface area contributed by atoms with Gasteiger partial charge in [0, 0.05) is 0 Å². The standard InChI is InChI=1S/C17H20N2O3S/c18-17(20)16(12-11-14-7-3-1-4-8-14)19-23(21,22)13-15-9-5-2-6-10-15/h1-10,16,19H,11-13H2,(H2,18,20). The second-order valence-corrected chi connectivity index (χ2v) is 7.10. The van der Waals surface area contributed by atoms with Crippen LogP contribution in [-0.2, 0) is 27.0 Å². The Morgan fingerprint density at radius 3 is 2.00 bits per heavy atom. The van der Waals surface area contributed by atoms with Gasteiger partial charge < -0.3 is 5.73 Å². The van der Waals surface area contributed by atoms with Crippen LogP contribution in [0.4, 0.5) is 0 Å². The molecule has 0 saturated carbocycles. The van der Waals surface area contributed by atoms with Crippen molar-refractivity contribution in [3.8, 4) is 0 Å². The summed E-state index contributed by atoms with van der Waals surface area (Å²) in [5.74, 6) is -0.847. The number of aryl methyl sites for hydroxylation is 1. The summed E-state index contributed by atoms with van der Waals surface area (Å²) in [6.07, 6.45) is 0.898. The van der Waals surface area contributed by atoms with Crippen molar-refractivity contribution < 1.29 is 13.2 Å². The maximum Gasteiger partial charge on any atom is 0.235 e. The molecule has 2 aromatic carbocycles. The van der Waals surface area contributed by atoms with E-state index in [2.05, 4.69) is 4.72 Å². The fourth-order valence-electron chi connectivity index (χ4n) is 2.27. The minimum atomic E-state index is -3.63. The van der Waals surface area contributed by atoms with Crippen molar-refractivity contribution in [2.45, 2.75) is 24.6 Å². The Hall–Kier alpha value is -2.18. The topological polar surface area (TPSA) is 89.3 Å². The van der Waals surface area contributed by atoms with Gasteiger partial charge in [-0.25, -0.2) is 13.1 Å². The van der Waals surface area contributed by atoms with Gasteiger partial charge in [-0.15, -0.1) is 0 Å². The molecule has 3 N–H and O–H groups in total. The fraction of sp³-hybridized carbons (Fsp3) is 0.235. The number of sulfonamides is 1. The molecular weight excluding hydrogens is 312 g/mol. The van der Waals surface area contributed by atoms with Gasteiger partial charge >= 0.3 is 0 Å². The third kappa shape index (κ3) is 5.84. The predicted octanol–water partition coefficient (Wildman–Crippen LogP) is 1.59. The molecule has 0 heterocycles. The summed E-state index contributed by atoms with van der Waals surface area (Å²) in [5.41, 5.74) is 7.02. The van der Waals surface area contributed by atoms with E-state index in [1.54, 1.807) is 24.3 Å². The zero-order valence-electron chi connectivity index (χ0n) is 12.7. The van der Waals surface area contributed by atoms with Crippen molar-refractivity contribution in [1.82, 2.24) is 4.72 Å². The third-order valence-corrected chi connectivity index (χ3v) is 4.79. The van der Waals surface area contributed by atoms with Gasteiger partial charge in [-0.3, -0.25) is 4.79 Å². The smallest absolute Gasteiger partial charge is 0.235 e. The van der Waals surface area contributed by atoms with Gasteiger partial charge in [0.05, 0.1) is 5.75 Å². The molecule has 23 heavy (non-hydrogen) atoms. The molecule has 2 aromatic rings. The number of hydrogen-bond donors (Lipinski definition) is 2. The normalized spacial score (nSPS) is 12.7. The highest BCUT2D eigenvalue weighted by Gasteiger charge is 2.22. The molecule has 0 saturated heterocycles. The zero-order chi connectivity index (χ0) is 16.7. The van der Waals surface area contributed by atoms with Crippen molar-refractivity contribution in [3.05, 3.63) is 71.8 Å². The molecule has 5 nitrogen and oxygen atoms in total. The lowest BCUT2D eigenvalue weighted by molar-refractivity contribution is -0.119. The first kappa shape index (κ1) is 17.2. The van der Waals surface area contributed by atoms with Crippen molar-refractivity contribution in [1.29, 1.82) is 0 Å². The fourth-order valence-corrected chi connectivity index (χ4v) is 3.65. The van der Waals surface area contributed by atoms with E-state index in [0.717, 1.165) is 5.56 Å². The van der Waals surface area contributed by atoms with E-state index in [1.807, 2.05) is 36.4 Å². The molecule has 1 amide bonds. The van der Waals surface area contributed by atoms with Gasteiger partial charge in [-0.2, -0.15) is 0 Å². The molecule has 0 aliphatic rings. The molecule has 2 rings (SSSR count). The molecule has 0 aliphatic heterocycles. The quantitative estimate of drug-likeness (QED) is 0.769. The maximum atomic E-state index is 12.2. The second-order valence-electron chi connectivity index (χ2n) is 5.34. The number of rotatable bonds is 8. The number of carbonyl (C=O) groups excluding carboxylic acids is 1. The lowest BCUT2D eigenvalue weighted by atomic mass is 10.1. The summed E-state index contributed by atoms with van der Waals surface area (Å²) in [7, 11) is -3.63. The largest absolute Gasteiger partial charge is 0.368 e. The first-order valence-corrected chi connectivity index (χ1v) is 8.99. The van der Waals surface area contributed by atoms with Gasteiger partial charge in [0.1, 0.15) is 6.04 Å². The summed E-state index contributed by atoms with van der Waals surface area (Å²) in [5, 5.41) is 0. The van der Waals surface area contributed by atoms with Crippen LogP contribution < -0.4 is 10.5 Å². The summed E-state index contributed by atoms with van der Waals surface area (Å²) in [6.45, 7) is 0. The summed E-state index contributed by atoms with van der Waals surface area (Å²) < 4.78 is 26.8. The Morgan fingerprint density at radius 1 is 0.957 bits per heavy atom. The Labute approximate surface area is 136 Å². The van der Waals surface area contributed by atoms with E-state index in [1.165, 1.54) is 0 Å². The first-order valence-electron chi connectivity index (χ1n) is 7.33. The number of carbonyl (C=O) groups is 1. The molecule has 0 spiro atoms. The van der Waals surface area contributed by atoms with Crippen LogP contribution in [0.5, 0.6) is 0 Å². The van der Waals surface area contributed by atoms with E-state index in [9.17, 15) is 13.2 Å². The molecule has 0 fully saturated rings. The monoisotopic (exact) mass is 332 g/mol. The van der Waals surface area contributed by atoms with Gasteiger partial charge in [0.15, 0.2) is 0 Å². The number of primary amides is 1. The summed E-state index contributed by atoms with van der Waals surface area (Å²) >= 11 is 0. The highest BCUT2D eigenvalue weighted by Crippen LogP contribution is 2.09. The van der Waals surface area contributed by atoms with Gasteiger partial charge in [0.2, 0.25) is 15.9 Å². The van der Waals surface area contributed by atoms with Gasteiger partial charge in [-0.1, -0.05) is 60.7 Å². The number of benzene rings is 2. The minimum absolute atomic E-state index is 0.178. The highest BCUT2D eigenvalue weighted by atomic mass is 32.2. The molecule has 0 bridgehead atoms. The van der Waals surface area contributed by atoms with Crippen molar-refractivity contribution >= 4 is 15.9 Å². The van der Waals surface area contributed by atoms with Gasteiger partial charge in [0.25, 0.3) is 0 Å². The molecule has 6 heteroatoms. The van der Waals surface area contributed by atoms with Crippen molar-refractivity contribution in [2.24, 2.45) is 5.73 Å². The van der Waals surface area contributed by atoms with Crippen LogP contribution in [0.25, 0.3) is 0 Å². The Kier molecular flexibility index (Phi) is 5.90. The van der Waals surface area contributed by atoms with Crippen molar-refractivity contribution in [3.63, 3.8) is 0 Å². The van der Waals surface area contributed by atoms with Crippen molar-refractivity contribution in [2.75, 3.05) is 0 Å². The Balaban J connectivity index is 1.99. The lowest BCUT2D eigenvalue weighted by Crippen LogP contribution is -2.45. The maximum absolute atomic E-state index is 12.2. The average molecular weight is 332 g/mol. The molecule has 122 valence electrons. The molecule has 0 aliphatic carbocycles. The number of amides is 1. The predicted molar refractivity (Wildman–Crippen MR) is 89.9 cm³/mol. The van der Waals surface area contributed by atoms with E-state index in [-0.39, 0.29) is 5.75 Å². The molecule has 0 aromatic heterocycles. The number of nitrogens with two attached hydrogens (primary N) is 1. The van der Waals surface area contributed by atoms with E-state index < -0.39 is 22.0 Å². The third-order valence-electron chi connectivity index (χ3n) is 3.43. The molecule has 0 radical (unpaired) electrons. The number of hydrogen-bond acceptors (Lipinski definition) is 3. The minimum Gasteiger partial charge on any atom is -0.368 e.